The molecule has 1 atom stereocenters. The Balaban J connectivity index is 2.52. The summed E-state index contributed by atoms with van der Waals surface area (Å²) >= 11 is 5.50. The molecule has 0 aliphatic rings. The number of amides is 1. The van der Waals surface area contributed by atoms with Gasteiger partial charge in [0.15, 0.2) is 0 Å². The highest BCUT2D eigenvalue weighted by Crippen LogP contribution is 2.11. The summed E-state index contributed by atoms with van der Waals surface area (Å²) in [5.41, 5.74) is 6.93. The number of nitrogens with two attached hydrogens (primary N) is 1. The van der Waals surface area contributed by atoms with Crippen LogP contribution in [0.5, 0.6) is 0 Å². The van der Waals surface area contributed by atoms with Crippen LogP contribution in [0.15, 0.2) is 24.3 Å². The van der Waals surface area contributed by atoms with Gasteiger partial charge in [-0.1, -0.05) is 12.1 Å². The van der Waals surface area contributed by atoms with Gasteiger partial charge in [0.1, 0.15) is 6.04 Å². The maximum Gasteiger partial charge on any atom is 0.320 e. The number of carboxylic acid groups (broad SMARTS) is 1. The van der Waals surface area contributed by atoms with Crippen LogP contribution >= 0.6 is 11.6 Å². The summed E-state index contributed by atoms with van der Waals surface area (Å²) < 4.78 is 0. The van der Waals surface area contributed by atoms with Crippen LogP contribution in [0.1, 0.15) is 18.4 Å². The van der Waals surface area contributed by atoms with Gasteiger partial charge >= 0.3 is 5.97 Å². The summed E-state index contributed by atoms with van der Waals surface area (Å²) in [4.78, 5) is 22.1. The quantitative estimate of drug-likeness (QED) is 0.663. The maximum absolute atomic E-state index is 11.5. The number of alkyl halides is 1. The van der Waals surface area contributed by atoms with Crippen LogP contribution < -0.4 is 11.1 Å². The van der Waals surface area contributed by atoms with Crippen molar-refractivity contribution in [2.75, 3.05) is 11.2 Å². The first-order valence-corrected chi connectivity index (χ1v) is 6.49. The van der Waals surface area contributed by atoms with Crippen molar-refractivity contribution in [3.63, 3.8) is 0 Å². The highest BCUT2D eigenvalue weighted by Gasteiger charge is 2.11. The van der Waals surface area contributed by atoms with E-state index in [1.807, 2.05) is 0 Å². The third kappa shape index (κ3) is 5.72. The number of hydrogen-bond donors (Lipinski definition) is 3. The SMILES string of the molecule is N[C@@H](Cc1ccc(NC(=O)CCCCl)cc1)C(=O)O. The lowest BCUT2D eigenvalue weighted by atomic mass is 10.1. The number of carbonyl (C=O) groups is 2. The zero-order valence-electron chi connectivity index (χ0n) is 10.4. The molecule has 19 heavy (non-hydrogen) atoms. The average Bonchev–Trinajstić information content (AvgIpc) is 2.38. The van der Waals surface area contributed by atoms with Crippen molar-refractivity contribution in [1.82, 2.24) is 0 Å². The summed E-state index contributed by atoms with van der Waals surface area (Å²) in [6, 6.07) is 6.04. The number of carboxylic acids is 1. The molecule has 4 N–H and O–H groups in total. The summed E-state index contributed by atoms with van der Waals surface area (Å²) in [7, 11) is 0. The molecule has 0 aliphatic carbocycles. The van der Waals surface area contributed by atoms with Gasteiger partial charge in [-0.05, 0) is 30.5 Å². The number of nitrogens with one attached hydrogen (secondary N) is 1. The van der Waals surface area contributed by atoms with Crippen molar-refractivity contribution in [2.24, 2.45) is 5.73 Å². The molecule has 0 saturated carbocycles. The second-order valence-corrected chi connectivity index (χ2v) is 4.56. The van der Waals surface area contributed by atoms with E-state index in [2.05, 4.69) is 5.32 Å². The molecule has 6 heteroatoms. The minimum Gasteiger partial charge on any atom is -0.480 e. The van der Waals surface area contributed by atoms with Gasteiger partial charge in [0, 0.05) is 18.0 Å². The number of rotatable bonds is 7. The lowest BCUT2D eigenvalue weighted by Gasteiger charge is -2.08. The maximum atomic E-state index is 11.5. The Kier molecular flexibility index (Phi) is 6.32. The predicted molar refractivity (Wildman–Crippen MR) is 74.3 cm³/mol. The van der Waals surface area contributed by atoms with Crippen LogP contribution in [-0.2, 0) is 16.0 Å². The first-order chi connectivity index (χ1) is 9.02. The zero-order chi connectivity index (χ0) is 14.3. The summed E-state index contributed by atoms with van der Waals surface area (Å²) in [5.74, 6) is -0.659. The third-order valence-electron chi connectivity index (χ3n) is 2.55. The van der Waals surface area contributed by atoms with Gasteiger partial charge in [-0.25, -0.2) is 0 Å². The highest BCUT2D eigenvalue weighted by molar-refractivity contribution is 6.18. The number of halogens is 1. The van der Waals surface area contributed by atoms with Crippen LogP contribution in [0.4, 0.5) is 5.69 Å². The van der Waals surface area contributed by atoms with Gasteiger partial charge in [-0.3, -0.25) is 9.59 Å². The lowest BCUT2D eigenvalue weighted by molar-refractivity contribution is -0.138. The Morgan fingerprint density at radius 3 is 2.47 bits per heavy atom. The summed E-state index contributed by atoms with van der Waals surface area (Å²) in [5, 5.41) is 11.4. The van der Waals surface area contributed by atoms with Crippen LogP contribution in [-0.4, -0.2) is 28.9 Å². The van der Waals surface area contributed by atoms with Crippen LogP contribution in [0, 0.1) is 0 Å². The van der Waals surface area contributed by atoms with E-state index >= 15 is 0 Å². The topological polar surface area (TPSA) is 92.4 Å². The van der Waals surface area contributed by atoms with E-state index in [9.17, 15) is 9.59 Å². The van der Waals surface area contributed by atoms with E-state index in [0.717, 1.165) is 5.56 Å². The molecule has 0 aromatic heterocycles. The Morgan fingerprint density at radius 2 is 1.95 bits per heavy atom. The van der Waals surface area contributed by atoms with Crippen molar-refractivity contribution in [1.29, 1.82) is 0 Å². The van der Waals surface area contributed by atoms with Crippen molar-refractivity contribution < 1.29 is 14.7 Å². The van der Waals surface area contributed by atoms with Crippen molar-refractivity contribution in [3.05, 3.63) is 29.8 Å². The van der Waals surface area contributed by atoms with Crippen LogP contribution in [0.3, 0.4) is 0 Å². The van der Waals surface area contributed by atoms with E-state index in [1.165, 1.54) is 0 Å². The third-order valence-corrected chi connectivity index (χ3v) is 2.82. The van der Waals surface area contributed by atoms with E-state index in [4.69, 9.17) is 22.4 Å². The molecule has 104 valence electrons. The molecule has 5 nitrogen and oxygen atoms in total. The first kappa shape index (κ1) is 15.5. The Hall–Kier alpha value is -1.59. The van der Waals surface area contributed by atoms with E-state index in [1.54, 1.807) is 24.3 Å². The van der Waals surface area contributed by atoms with Gasteiger partial charge in [-0.2, -0.15) is 0 Å². The van der Waals surface area contributed by atoms with E-state index < -0.39 is 12.0 Å². The predicted octanol–water partition coefficient (Wildman–Crippen LogP) is 1.60. The number of benzene rings is 1. The van der Waals surface area contributed by atoms with Crippen molar-refractivity contribution in [3.8, 4) is 0 Å². The number of carbonyl (C=O) groups excluding carboxylic acids is 1. The Labute approximate surface area is 116 Å². The van der Waals surface area contributed by atoms with E-state index in [-0.39, 0.29) is 12.3 Å². The minimum atomic E-state index is -1.03. The van der Waals surface area contributed by atoms with Gasteiger partial charge in [0.25, 0.3) is 0 Å². The number of anilines is 1. The van der Waals surface area contributed by atoms with E-state index in [0.29, 0.717) is 24.4 Å². The largest absolute Gasteiger partial charge is 0.480 e. The first-order valence-electron chi connectivity index (χ1n) is 5.96. The van der Waals surface area contributed by atoms with Crippen molar-refractivity contribution >= 4 is 29.2 Å². The fourth-order valence-corrected chi connectivity index (χ4v) is 1.65. The molecule has 1 aromatic carbocycles. The summed E-state index contributed by atoms with van der Waals surface area (Å²) in [6.45, 7) is 0. The van der Waals surface area contributed by atoms with Gasteiger partial charge < -0.3 is 16.2 Å². The minimum absolute atomic E-state index is 0.0874. The number of aliphatic carboxylic acids is 1. The molecule has 0 unspecified atom stereocenters. The molecule has 1 amide bonds. The highest BCUT2D eigenvalue weighted by atomic mass is 35.5. The molecule has 0 saturated heterocycles. The molecule has 0 aliphatic heterocycles. The molecule has 1 aromatic rings. The second-order valence-electron chi connectivity index (χ2n) is 4.19. The van der Waals surface area contributed by atoms with Gasteiger partial charge in [0.2, 0.25) is 5.91 Å². The monoisotopic (exact) mass is 284 g/mol. The molecule has 1 rings (SSSR count). The zero-order valence-corrected chi connectivity index (χ0v) is 11.2. The molecule has 0 spiro atoms. The number of hydrogen-bond acceptors (Lipinski definition) is 3. The van der Waals surface area contributed by atoms with Crippen LogP contribution in [0.25, 0.3) is 0 Å². The lowest BCUT2D eigenvalue weighted by Crippen LogP contribution is -2.32. The van der Waals surface area contributed by atoms with Crippen LogP contribution in [0.2, 0.25) is 0 Å². The molecule has 0 fully saturated rings. The normalized spacial score (nSPS) is 11.9. The molecule has 0 bridgehead atoms. The van der Waals surface area contributed by atoms with Crippen molar-refractivity contribution in [2.45, 2.75) is 25.3 Å². The molecular weight excluding hydrogens is 268 g/mol. The molecular formula is C13H17ClN2O3. The summed E-state index contributed by atoms with van der Waals surface area (Å²) in [6.07, 6.45) is 1.28. The van der Waals surface area contributed by atoms with Gasteiger partial charge in [0.05, 0.1) is 0 Å². The Bertz CT molecular complexity index is 434. The molecule has 0 radical (unpaired) electrons. The molecule has 0 heterocycles. The fourth-order valence-electron chi connectivity index (χ4n) is 1.52. The van der Waals surface area contributed by atoms with Gasteiger partial charge in [-0.15, -0.1) is 11.6 Å². The standard InChI is InChI=1S/C13H17ClN2O3/c14-7-1-2-12(17)16-10-5-3-9(4-6-10)8-11(15)13(18)19/h3-6,11H,1-2,7-8,15H2,(H,16,17)(H,18,19)/t11-/m0/s1. The average molecular weight is 285 g/mol. The Morgan fingerprint density at radius 1 is 1.32 bits per heavy atom. The second kappa shape index (κ2) is 7.76. The fraction of sp³-hybridized carbons (Fsp3) is 0.385. The smallest absolute Gasteiger partial charge is 0.320 e.